The average Bonchev–Trinajstić information content (AvgIpc) is 3.26. The Kier molecular flexibility index (Phi) is 5.90. The van der Waals surface area contributed by atoms with Gasteiger partial charge >= 0.3 is 5.97 Å². The van der Waals surface area contributed by atoms with Crippen molar-refractivity contribution in [2.75, 3.05) is 13.2 Å². The molecule has 2 rings (SSSR count). The molecule has 0 radical (unpaired) electrons. The van der Waals surface area contributed by atoms with Crippen LogP contribution in [0.2, 0.25) is 0 Å². The molecule has 1 aliphatic rings. The van der Waals surface area contributed by atoms with Crippen LogP contribution in [0.4, 0.5) is 0 Å². The van der Waals surface area contributed by atoms with Crippen molar-refractivity contribution in [1.82, 2.24) is 5.32 Å². The lowest BCUT2D eigenvalue weighted by Crippen LogP contribution is -2.21. The molecule has 0 aromatic heterocycles. The number of esters is 1. The van der Waals surface area contributed by atoms with Crippen LogP contribution in [0, 0.1) is 11.8 Å². The molecule has 124 valence electrons. The molecule has 1 fully saturated rings. The van der Waals surface area contributed by atoms with Gasteiger partial charge in [-0.05, 0) is 30.7 Å². The highest BCUT2D eigenvalue weighted by Crippen LogP contribution is 2.38. The molecule has 0 aliphatic heterocycles. The molecule has 1 aromatic rings. The SMILES string of the molecule is CC(=O)NCCCc1ccc(C(=O)COC(=O)[C@H]2C[C@@H]2C)cc1. The summed E-state index contributed by atoms with van der Waals surface area (Å²) in [7, 11) is 0. The molecule has 5 nitrogen and oxygen atoms in total. The number of amides is 1. The van der Waals surface area contributed by atoms with E-state index in [9.17, 15) is 14.4 Å². The van der Waals surface area contributed by atoms with Crippen molar-refractivity contribution in [3.63, 3.8) is 0 Å². The summed E-state index contributed by atoms with van der Waals surface area (Å²) in [5.74, 6) is -0.110. The zero-order valence-corrected chi connectivity index (χ0v) is 13.6. The van der Waals surface area contributed by atoms with Crippen LogP contribution in [-0.2, 0) is 20.7 Å². The van der Waals surface area contributed by atoms with Crippen molar-refractivity contribution in [3.05, 3.63) is 35.4 Å². The van der Waals surface area contributed by atoms with E-state index in [1.165, 1.54) is 6.92 Å². The number of carbonyl (C=O) groups excluding carboxylic acids is 3. The standard InChI is InChI=1S/C18H23NO4/c1-12-10-16(12)18(22)23-11-17(21)15-7-5-14(6-8-15)4-3-9-19-13(2)20/h5-8,12,16H,3-4,9-11H2,1-2H3,(H,19,20)/t12-,16-/m0/s1. The highest BCUT2D eigenvalue weighted by atomic mass is 16.5. The van der Waals surface area contributed by atoms with Crippen molar-refractivity contribution in [1.29, 1.82) is 0 Å². The Morgan fingerprint density at radius 1 is 1.22 bits per heavy atom. The lowest BCUT2D eigenvalue weighted by atomic mass is 10.1. The molecule has 5 heteroatoms. The van der Waals surface area contributed by atoms with Gasteiger partial charge in [0.2, 0.25) is 5.91 Å². The number of Topliss-reactive ketones (excluding diaryl/α,β-unsaturated/α-hetero) is 1. The Hall–Kier alpha value is -2.17. The number of hydrogen-bond acceptors (Lipinski definition) is 4. The highest BCUT2D eigenvalue weighted by molar-refractivity contribution is 5.98. The van der Waals surface area contributed by atoms with Crippen LogP contribution in [-0.4, -0.2) is 30.8 Å². The number of aryl methyl sites for hydroxylation is 1. The van der Waals surface area contributed by atoms with Gasteiger partial charge in [-0.2, -0.15) is 0 Å². The van der Waals surface area contributed by atoms with E-state index in [1.807, 2.05) is 19.1 Å². The summed E-state index contributed by atoms with van der Waals surface area (Å²) >= 11 is 0. The molecule has 1 aromatic carbocycles. The zero-order valence-electron chi connectivity index (χ0n) is 13.6. The quantitative estimate of drug-likeness (QED) is 0.453. The van der Waals surface area contributed by atoms with Crippen LogP contribution >= 0.6 is 0 Å². The third-order valence-electron chi connectivity index (χ3n) is 4.05. The highest BCUT2D eigenvalue weighted by Gasteiger charge is 2.40. The fourth-order valence-electron chi connectivity index (χ4n) is 2.39. The van der Waals surface area contributed by atoms with E-state index in [-0.39, 0.29) is 30.2 Å². The molecule has 23 heavy (non-hydrogen) atoms. The zero-order chi connectivity index (χ0) is 16.8. The summed E-state index contributed by atoms with van der Waals surface area (Å²) in [6.07, 6.45) is 2.55. The Balaban J connectivity index is 1.73. The van der Waals surface area contributed by atoms with Gasteiger partial charge in [0.1, 0.15) is 0 Å². The molecule has 0 spiro atoms. The number of ketones is 1. The van der Waals surface area contributed by atoms with Crippen molar-refractivity contribution >= 4 is 17.7 Å². The van der Waals surface area contributed by atoms with Gasteiger partial charge < -0.3 is 10.1 Å². The number of rotatable bonds is 8. The topological polar surface area (TPSA) is 72.5 Å². The molecular formula is C18H23NO4. The fraction of sp³-hybridized carbons (Fsp3) is 0.500. The van der Waals surface area contributed by atoms with E-state index in [0.29, 0.717) is 18.0 Å². The second-order valence-electron chi connectivity index (χ2n) is 6.13. The molecule has 1 amide bonds. The minimum atomic E-state index is -0.263. The smallest absolute Gasteiger partial charge is 0.309 e. The Labute approximate surface area is 136 Å². The summed E-state index contributed by atoms with van der Waals surface area (Å²) in [5, 5.41) is 2.75. The monoisotopic (exact) mass is 317 g/mol. The molecule has 1 N–H and O–H groups in total. The van der Waals surface area contributed by atoms with Gasteiger partial charge in [0, 0.05) is 19.0 Å². The maximum absolute atomic E-state index is 12.0. The minimum Gasteiger partial charge on any atom is -0.457 e. The molecule has 0 saturated heterocycles. The van der Waals surface area contributed by atoms with E-state index in [2.05, 4.69) is 5.32 Å². The number of hydrogen-bond donors (Lipinski definition) is 1. The van der Waals surface area contributed by atoms with Crippen molar-refractivity contribution in [3.8, 4) is 0 Å². The van der Waals surface area contributed by atoms with Crippen LogP contribution in [0.25, 0.3) is 0 Å². The van der Waals surface area contributed by atoms with Crippen molar-refractivity contribution in [2.45, 2.75) is 33.1 Å². The first kappa shape index (κ1) is 17.2. The molecule has 2 atom stereocenters. The fourth-order valence-corrected chi connectivity index (χ4v) is 2.39. The van der Waals surface area contributed by atoms with E-state index >= 15 is 0 Å². The maximum Gasteiger partial charge on any atom is 0.309 e. The van der Waals surface area contributed by atoms with Crippen molar-refractivity contribution < 1.29 is 19.1 Å². The van der Waals surface area contributed by atoms with Gasteiger partial charge in [-0.15, -0.1) is 0 Å². The van der Waals surface area contributed by atoms with Crippen molar-refractivity contribution in [2.24, 2.45) is 11.8 Å². The van der Waals surface area contributed by atoms with E-state index in [4.69, 9.17) is 4.74 Å². The number of nitrogens with one attached hydrogen (secondary N) is 1. The molecule has 1 saturated carbocycles. The molecule has 0 unspecified atom stereocenters. The van der Waals surface area contributed by atoms with Crippen LogP contribution in [0.15, 0.2) is 24.3 Å². The first-order chi connectivity index (χ1) is 11.0. The average molecular weight is 317 g/mol. The Bertz CT molecular complexity index is 579. The van der Waals surface area contributed by atoms with E-state index < -0.39 is 0 Å². The van der Waals surface area contributed by atoms with Gasteiger partial charge in [-0.1, -0.05) is 31.2 Å². The van der Waals surface area contributed by atoms with Gasteiger partial charge in [-0.3, -0.25) is 14.4 Å². The summed E-state index contributed by atoms with van der Waals surface area (Å²) in [5.41, 5.74) is 1.66. The van der Waals surface area contributed by atoms with Crippen LogP contribution in [0.1, 0.15) is 42.6 Å². The van der Waals surface area contributed by atoms with Gasteiger partial charge in [-0.25, -0.2) is 0 Å². The van der Waals surface area contributed by atoms with Crippen LogP contribution in [0.3, 0.4) is 0 Å². The second-order valence-corrected chi connectivity index (χ2v) is 6.13. The predicted octanol–water partition coefficient (Wildman–Crippen LogP) is 2.14. The van der Waals surface area contributed by atoms with Crippen LogP contribution < -0.4 is 5.32 Å². The second kappa shape index (κ2) is 7.90. The lowest BCUT2D eigenvalue weighted by Gasteiger charge is -2.06. The number of ether oxygens (including phenoxy) is 1. The summed E-state index contributed by atoms with van der Waals surface area (Å²) in [6, 6.07) is 7.30. The summed E-state index contributed by atoms with van der Waals surface area (Å²) in [6.45, 7) is 3.95. The molecule has 0 bridgehead atoms. The number of benzene rings is 1. The summed E-state index contributed by atoms with van der Waals surface area (Å²) in [4.78, 5) is 34.4. The Morgan fingerprint density at radius 3 is 2.43 bits per heavy atom. The molecular weight excluding hydrogens is 294 g/mol. The van der Waals surface area contributed by atoms with E-state index in [1.54, 1.807) is 12.1 Å². The normalized spacial score (nSPS) is 19.0. The maximum atomic E-state index is 12.0. The van der Waals surface area contributed by atoms with Gasteiger partial charge in [0.15, 0.2) is 12.4 Å². The minimum absolute atomic E-state index is 0.0196. The predicted molar refractivity (Wildman–Crippen MR) is 86.0 cm³/mol. The van der Waals surface area contributed by atoms with Gasteiger partial charge in [0.25, 0.3) is 0 Å². The molecule has 1 aliphatic carbocycles. The molecule has 0 heterocycles. The van der Waals surface area contributed by atoms with Crippen LogP contribution in [0.5, 0.6) is 0 Å². The first-order valence-electron chi connectivity index (χ1n) is 8.00. The third kappa shape index (κ3) is 5.51. The number of carbonyl (C=O) groups is 3. The third-order valence-corrected chi connectivity index (χ3v) is 4.05. The van der Waals surface area contributed by atoms with Gasteiger partial charge in [0.05, 0.1) is 5.92 Å². The Morgan fingerprint density at radius 2 is 1.87 bits per heavy atom. The lowest BCUT2D eigenvalue weighted by molar-refractivity contribution is -0.144. The first-order valence-corrected chi connectivity index (χ1v) is 8.00. The summed E-state index contributed by atoms with van der Waals surface area (Å²) < 4.78 is 5.06. The van der Waals surface area contributed by atoms with E-state index in [0.717, 1.165) is 24.8 Å². The largest absolute Gasteiger partial charge is 0.457 e.